The van der Waals surface area contributed by atoms with E-state index >= 15 is 0 Å². The fourth-order valence-electron chi connectivity index (χ4n) is 1.94. The smallest absolute Gasteiger partial charge is 0.150 e. The molecular formula is C12H13FO. The molecule has 14 heavy (non-hydrogen) atoms. The molecule has 1 aliphatic carbocycles. The van der Waals surface area contributed by atoms with Crippen molar-refractivity contribution in [3.8, 4) is 0 Å². The summed E-state index contributed by atoms with van der Waals surface area (Å²) in [5.74, 6) is 0. The van der Waals surface area contributed by atoms with Crippen molar-refractivity contribution < 1.29 is 9.18 Å². The molecule has 1 saturated carbocycles. The zero-order valence-corrected chi connectivity index (χ0v) is 8.16. The second-order valence-corrected chi connectivity index (χ2v) is 4.01. The predicted octanol–water partition coefficient (Wildman–Crippen LogP) is 2.89. The standard InChI is InChI=1S/C12H13FO/c1-9(13)12(6-7-12)11-4-2-10(8-14)3-5-11/h2-5,8-9H,6-7H2,1H3. The first kappa shape index (κ1) is 9.38. The molecule has 1 unspecified atom stereocenters. The van der Waals surface area contributed by atoms with Crippen molar-refractivity contribution in [2.45, 2.75) is 31.4 Å². The Balaban J connectivity index is 2.29. The van der Waals surface area contributed by atoms with E-state index in [9.17, 15) is 9.18 Å². The SMILES string of the molecule is CC(F)C1(c2ccc(C=O)cc2)CC1. The van der Waals surface area contributed by atoms with E-state index < -0.39 is 6.17 Å². The Morgan fingerprint density at radius 3 is 2.29 bits per heavy atom. The van der Waals surface area contributed by atoms with Gasteiger partial charge in [-0.2, -0.15) is 0 Å². The molecule has 2 rings (SSSR count). The van der Waals surface area contributed by atoms with Crippen molar-refractivity contribution in [3.63, 3.8) is 0 Å². The molecule has 0 aliphatic heterocycles. The van der Waals surface area contributed by atoms with Gasteiger partial charge in [-0.25, -0.2) is 4.39 Å². The van der Waals surface area contributed by atoms with Gasteiger partial charge >= 0.3 is 0 Å². The normalized spacial score (nSPS) is 20.1. The van der Waals surface area contributed by atoms with Crippen LogP contribution >= 0.6 is 0 Å². The van der Waals surface area contributed by atoms with E-state index in [1.165, 1.54) is 0 Å². The maximum atomic E-state index is 13.3. The van der Waals surface area contributed by atoms with Gasteiger partial charge in [-0.1, -0.05) is 24.3 Å². The molecule has 0 amide bonds. The molecule has 0 spiro atoms. The van der Waals surface area contributed by atoms with Crippen molar-refractivity contribution in [3.05, 3.63) is 35.4 Å². The molecule has 0 aromatic heterocycles. The Labute approximate surface area is 82.9 Å². The number of carbonyl (C=O) groups is 1. The summed E-state index contributed by atoms with van der Waals surface area (Å²) >= 11 is 0. The number of hydrogen-bond acceptors (Lipinski definition) is 1. The van der Waals surface area contributed by atoms with Crippen LogP contribution in [-0.2, 0) is 5.41 Å². The number of alkyl halides is 1. The molecule has 0 saturated heterocycles. The number of halogens is 1. The van der Waals surface area contributed by atoms with Crippen LogP contribution in [0.5, 0.6) is 0 Å². The van der Waals surface area contributed by atoms with Crippen LogP contribution in [-0.4, -0.2) is 12.5 Å². The summed E-state index contributed by atoms with van der Waals surface area (Å²) in [5.41, 5.74) is 1.43. The lowest BCUT2D eigenvalue weighted by atomic mass is 9.91. The minimum absolute atomic E-state index is 0.249. The lowest BCUT2D eigenvalue weighted by Crippen LogP contribution is -2.18. The van der Waals surface area contributed by atoms with Crippen LogP contribution in [0.3, 0.4) is 0 Å². The summed E-state index contributed by atoms with van der Waals surface area (Å²) in [6, 6.07) is 7.25. The maximum Gasteiger partial charge on any atom is 0.150 e. The highest BCUT2D eigenvalue weighted by Crippen LogP contribution is 2.51. The molecular weight excluding hydrogens is 179 g/mol. The molecule has 1 nitrogen and oxygen atoms in total. The Morgan fingerprint density at radius 2 is 1.93 bits per heavy atom. The van der Waals surface area contributed by atoms with Gasteiger partial charge in [0.15, 0.2) is 0 Å². The Bertz CT molecular complexity index is 336. The first-order valence-corrected chi connectivity index (χ1v) is 4.89. The largest absolute Gasteiger partial charge is 0.298 e. The van der Waals surface area contributed by atoms with Gasteiger partial charge in [-0.15, -0.1) is 0 Å². The van der Waals surface area contributed by atoms with Crippen LogP contribution in [0.4, 0.5) is 4.39 Å². The summed E-state index contributed by atoms with van der Waals surface area (Å²) in [6.07, 6.45) is 1.85. The van der Waals surface area contributed by atoms with Crippen molar-refractivity contribution >= 4 is 6.29 Å². The van der Waals surface area contributed by atoms with Crippen molar-refractivity contribution in [2.24, 2.45) is 0 Å². The monoisotopic (exact) mass is 192 g/mol. The topological polar surface area (TPSA) is 17.1 Å². The average molecular weight is 192 g/mol. The van der Waals surface area contributed by atoms with E-state index in [4.69, 9.17) is 0 Å². The predicted molar refractivity (Wildman–Crippen MR) is 53.3 cm³/mol. The third kappa shape index (κ3) is 1.35. The summed E-state index contributed by atoms with van der Waals surface area (Å²) in [5, 5.41) is 0. The van der Waals surface area contributed by atoms with Crippen LogP contribution in [0.2, 0.25) is 0 Å². The van der Waals surface area contributed by atoms with E-state index in [0.29, 0.717) is 5.56 Å². The first-order valence-electron chi connectivity index (χ1n) is 4.89. The Morgan fingerprint density at radius 1 is 1.36 bits per heavy atom. The molecule has 1 fully saturated rings. The van der Waals surface area contributed by atoms with Gasteiger partial charge in [-0.05, 0) is 25.3 Å². The van der Waals surface area contributed by atoms with Crippen LogP contribution in [0.1, 0.15) is 35.7 Å². The highest BCUT2D eigenvalue weighted by Gasteiger charge is 2.49. The van der Waals surface area contributed by atoms with E-state index in [1.807, 2.05) is 12.1 Å². The fraction of sp³-hybridized carbons (Fsp3) is 0.417. The molecule has 1 atom stereocenters. The highest BCUT2D eigenvalue weighted by atomic mass is 19.1. The molecule has 0 bridgehead atoms. The van der Waals surface area contributed by atoms with Crippen LogP contribution < -0.4 is 0 Å². The molecule has 0 heterocycles. The third-order valence-corrected chi connectivity index (χ3v) is 3.17. The van der Waals surface area contributed by atoms with Crippen LogP contribution in [0.25, 0.3) is 0 Å². The summed E-state index contributed by atoms with van der Waals surface area (Å²) in [4.78, 5) is 10.4. The summed E-state index contributed by atoms with van der Waals surface area (Å²) < 4.78 is 13.3. The zero-order valence-electron chi connectivity index (χ0n) is 8.16. The molecule has 2 heteroatoms. The Kier molecular flexibility index (Phi) is 2.14. The van der Waals surface area contributed by atoms with Gasteiger partial charge in [0, 0.05) is 11.0 Å². The minimum atomic E-state index is -0.801. The van der Waals surface area contributed by atoms with Gasteiger partial charge in [0.1, 0.15) is 12.5 Å². The fourth-order valence-corrected chi connectivity index (χ4v) is 1.94. The molecule has 1 aromatic carbocycles. The van der Waals surface area contributed by atoms with Gasteiger partial charge in [0.2, 0.25) is 0 Å². The molecule has 1 aliphatic rings. The van der Waals surface area contributed by atoms with E-state index in [1.54, 1.807) is 19.1 Å². The molecule has 0 N–H and O–H groups in total. The summed E-state index contributed by atoms with van der Waals surface area (Å²) in [7, 11) is 0. The van der Waals surface area contributed by atoms with Gasteiger partial charge in [-0.3, -0.25) is 4.79 Å². The van der Waals surface area contributed by atoms with E-state index in [0.717, 1.165) is 24.7 Å². The van der Waals surface area contributed by atoms with Crippen LogP contribution in [0, 0.1) is 0 Å². The highest BCUT2D eigenvalue weighted by molar-refractivity contribution is 5.74. The number of benzene rings is 1. The number of hydrogen-bond donors (Lipinski definition) is 0. The minimum Gasteiger partial charge on any atom is -0.298 e. The number of aldehydes is 1. The first-order chi connectivity index (χ1) is 6.69. The van der Waals surface area contributed by atoms with E-state index in [2.05, 4.69) is 0 Å². The van der Waals surface area contributed by atoms with Crippen molar-refractivity contribution in [1.29, 1.82) is 0 Å². The van der Waals surface area contributed by atoms with Crippen molar-refractivity contribution in [1.82, 2.24) is 0 Å². The second-order valence-electron chi connectivity index (χ2n) is 4.01. The van der Waals surface area contributed by atoms with Gasteiger partial charge in [0.25, 0.3) is 0 Å². The lowest BCUT2D eigenvalue weighted by Gasteiger charge is -2.16. The number of carbonyl (C=O) groups excluding carboxylic acids is 1. The Hall–Kier alpha value is -1.18. The number of rotatable bonds is 3. The summed E-state index contributed by atoms with van der Waals surface area (Å²) in [6.45, 7) is 1.61. The molecule has 74 valence electrons. The molecule has 1 aromatic rings. The maximum absolute atomic E-state index is 13.3. The van der Waals surface area contributed by atoms with Gasteiger partial charge in [0.05, 0.1) is 0 Å². The second kappa shape index (κ2) is 3.19. The van der Waals surface area contributed by atoms with Crippen LogP contribution in [0.15, 0.2) is 24.3 Å². The quantitative estimate of drug-likeness (QED) is 0.673. The van der Waals surface area contributed by atoms with E-state index in [-0.39, 0.29) is 5.41 Å². The third-order valence-electron chi connectivity index (χ3n) is 3.17. The van der Waals surface area contributed by atoms with Gasteiger partial charge < -0.3 is 0 Å². The van der Waals surface area contributed by atoms with Crippen molar-refractivity contribution in [2.75, 3.05) is 0 Å². The average Bonchev–Trinajstić information content (AvgIpc) is 2.99. The lowest BCUT2D eigenvalue weighted by molar-refractivity contribution is 0.112. The zero-order chi connectivity index (χ0) is 10.2. The molecule has 0 radical (unpaired) electrons.